The molecule has 21 heavy (non-hydrogen) atoms. The van der Waals surface area contributed by atoms with Gasteiger partial charge in [0.2, 0.25) is 0 Å². The van der Waals surface area contributed by atoms with Crippen LogP contribution in [0.15, 0.2) is 30.5 Å². The van der Waals surface area contributed by atoms with Crippen LogP contribution in [-0.2, 0) is 12.6 Å². The summed E-state index contributed by atoms with van der Waals surface area (Å²) >= 11 is 0. The lowest BCUT2D eigenvalue weighted by atomic mass is 10.0. The van der Waals surface area contributed by atoms with E-state index in [2.05, 4.69) is 4.98 Å². The lowest BCUT2D eigenvalue weighted by Gasteiger charge is -2.22. The van der Waals surface area contributed by atoms with Gasteiger partial charge in [-0.2, -0.15) is 13.2 Å². The van der Waals surface area contributed by atoms with E-state index >= 15 is 0 Å². The summed E-state index contributed by atoms with van der Waals surface area (Å²) in [4.78, 5) is 4.35. The van der Waals surface area contributed by atoms with Crippen molar-refractivity contribution in [2.45, 2.75) is 31.5 Å². The minimum atomic E-state index is -4.41. The Balaban J connectivity index is 2.09. The number of benzene rings is 1. The van der Waals surface area contributed by atoms with Gasteiger partial charge in [0, 0.05) is 18.2 Å². The molecule has 0 saturated carbocycles. The highest BCUT2D eigenvalue weighted by molar-refractivity contribution is 5.64. The van der Waals surface area contributed by atoms with E-state index in [1.165, 1.54) is 12.1 Å². The number of aromatic nitrogens is 2. The van der Waals surface area contributed by atoms with Crippen LogP contribution in [0.1, 0.15) is 30.3 Å². The molecule has 0 spiro atoms. The number of halogens is 3. The van der Waals surface area contributed by atoms with Crippen molar-refractivity contribution >= 4 is 0 Å². The number of nitrogens with zero attached hydrogens (tertiary/aromatic N) is 2. The molecule has 0 amide bonds. The minimum Gasteiger partial charge on any atom is -0.394 e. The Bertz CT molecular complexity index is 649. The average Bonchev–Trinajstić information content (AvgIpc) is 2.90. The van der Waals surface area contributed by atoms with Gasteiger partial charge in [-0.25, -0.2) is 4.98 Å². The number of rotatable bonds is 2. The summed E-state index contributed by atoms with van der Waals surface area (Å²) in [5, 5.41) is 9.37. The molecule has 0 bridgehead atoms. The second kappa shape index (κ2) is 5.18. The Kier molecular flexibility index (Phi) is 3.49. The molecular weight excluding hydrogens is 281 g/mol. The van der Waals surface area contributed by atoms with E-state index in [-0.39, 0.29) is 18.2 Å². The van der Waals surface area contributed by atoms with E-state index in [4.69, 9.17) is 0 Å². The van der Waals surface area contributed by atoms with Gasteiger partial charge in [-0.15, -0.1) is 0 Å². The normalized spacial score (nSPS) is 18.6. The van der Waals surface area contributed by atoms with Crippen LogP contribution in [0, 0.1) is 0 Å². The van der Waals surface area contributed by atoms with Crippen LogP contribution in [0.3, 0.4) is 0 Å². The molecule has 0 aliphatic carbocycles. The first-order valence-electron chi connectivity index (χ1n) is 6.86. The molecule has 0 saturated heterocycles. The number of imidazole rings is 1. The Morgan fingerprint density at radius 2 is 2.05 bits per heavy atom. The molecule has 1 atom stereocenters. The van der Waals surface area contributed by atoms with Gasteiger partial charge >= 0.3 is 6.18 Å². The number of hydrogen-bond acceptors (Lipinski definition) is 2. The SMILES string of the molecule is OCC1CCCc2nc(-c3ccccc3C(F)(F)F)cn21. The topological polar surface area (TPSA) is 38.1 Å². The smallest absolute Gasteiger partial charge is 0.394 e. The third-order valence-electron chi connectivity index (χ3n) is 3.86. The second-order valence-corrected chi connectivity index (χ2v) is 5.22. The molecule has 1 aliphatic rings. The summed E-state index contributed by atoms with van der Waals surface area (Å²) in [5.74, 6) is 0.743. The van der Waals surface area contributed by atoms with Gasteiger partial charge in [0.25, 0.3) is 0 Å². The quantitative estimate of drug-likeness (QED) is 0.922. The zero-order chi connectivity index (χ0) is 15.0. The highest BCUT2D eigenvalue weighted by Crippen LogP contribution is 2.37. The number of aliphatic hydroxyl groups excluding tert-OH is 1. The molecule has 0 radical (unpaired) electrons. The van der Waals surface area contributed by atoms with Crippen LogP contribution >= 0.6 is 0 Å². The largest absolute Gasteiger partial charge is 0.417 e. The van der Waals surface area contributed by atoms with E-state index in [0.717, 1.165) is 31.2 Å². The van der Waals surface area contributed by atoms with Crippen molar-refractivity contribution in [3.8, 4) is 11.3 Å². The maximum Gasteiger partial charge on any atom is 0.417 e. The van der Waals surface area contributed by atoms with Gasteiger partial charge in [-0.3, -0.25) is 0 Å². The Morgan fingerprint density at radius 3 is 2.76 bits per heavy atom. The molecule has 2 aromatic rings. The van der Waals surface area contributed by atoms with Crippen LogP contribution in [0.2, 0.25) is 0 Å². The highest BCUT2D eigenvalue weighted by Gasteiger charge is 2.34. The first-order chi connectivity index (χ1) is 10.0. The fourth-order valence-corrected chi connectivity index (χ4v) is 2.83. The maximum absolute atomic E-state index is 13.1. The fourth-order valence-electron chi connectivity index (χ4n) is 2.83. The Hall–Kier alpha value is -1.82. The lowest BCUT2D eigenvalue weighted by molar-refractivity contribution is -0.137. The average molecular weight is 296 g/mol. The first-order valence-corrected chi connectivity index (χ1v) is 6.86. The monoisotopic (exact) mass is 296 g/mol. The first kappa shape index (κ1) is 14.1. The van der Waals surface area contributed by atoms with Crippen molar-refractivity contribution in [3.05, 3.63) is 41.9 Å². The van der Waals surface area contributed by atoms with Gasteiger partial charge in [0.15, 0.2) is 0 Å². The predicted molar refractivity (Wildman–Crippen MR) is 71.7 cm³/mol. The molecule has 1 aliphatic heterocycles. The molecular formula is C15H15F3N2O. The summed E-state index contributed by atoms with van der Waals surface area (Å²) in [7, 11) is 0. The van der Waals surface area contributed by atoms with Gasteiger partial charge in [-0.05, 0) is 18.9 Å². The fraction of sp³-hybridized carbons (Fsp3) is 0.400. The van der Waals surface area contributed by atoms with Crippen molar-refractivity contribution in [1.82, 2.24) is 9.55 Å². The maximum atomic E-state index is 13.1. The van der Waals surface area contributed by atoms with Crippen molar-refractivity contribution in [2.75, 3.05) is 6.61 Å². The number of aryl methyl sites for hydroxylation is 1. The van der Waals surface area contributed by atoms with E-state index < -0.39 is 11.7 Å². The predicted octanol–water partition coefficient (Wildman–Crippen LogP) is 3.44. The number of aliphatic hydroxyl groups is 1. The molecule has 3 nitrogen and oxygen atoms in total. The van der Waals surface area contributed by atoms with Gasteiger partial charge in [0.05, 0.1) is 23.9 Å². The second-order valence-electron chi connectivity index (χ2n) is 5.22. The minimum absolute atomic E-state index is 0.0241. The summed E-state index contributed by atoms with van der Waals surface area (Å²) in [6.45, 7) is -0.0241. The third-order valence-corrected chi connectivity index (χ3v) is 3.86. The standard InChI is InChI=1S/C15H15F3N2O/c16-15(17,18)12-6-2-1-5-11(12)13-8-20-10(9-21)4-3-7-14(20)19-13/h1-2,5-6,8,10,21H,3-4,7,9H2. The van der Waals surface area contributed by atoms with E-state index in [1.807, 2.05) is 4.57 Å². The van der Waals surface area contributed by atoms with E-state index in [9.17, 15) is 18.3 Å². The molecule has 1 unspecified atom stereocenters. The van der Waals surface area contributed by atoms with E-state index in [1.54, 1.807) is 12.3 Å². The van der Waals surface area contributed by atoms with Crippen LogP contribution in [0.25, 0.3) is 11.3 Å². The highest BCUT2D eigenvalue weighted by atomic mass is 19.4. The molecule has 6 heteroatoms. The van der Waals surface area contributed by atoms with Crippen LogP contribution in [0.4, 0.5) is 13.2 Å². The van der Waals surface area contributed by atoms with Gasteiger partial charge in [0.1, 0.15) is 5.82 Å². The lowest BCUT2D eigenvalue weighted by Crippen LogP contribution is -2.20. The van der Waals surface area contributed by atoms with Gasteiger partial charge < -0.3 is 9.67 Å². The third kappa shape index (κ3) is 2.55. The van der Waals surface area contributed by atoms with Crippen molar-refractivity contribution in [2.24, 2.45) is 0 Å². The molecule has 0 fully saturated rings. The van der Waals surface area contributed by atoms with Crippen molar-refractivity contribution < 1.29 is 18.3 Å². The number of fused-ring (bicyclic) bond motifs is 1. The number of alkyl halides is 3. The van der Waals surface area contributed by atoms with Crippen LogP contribution in [0.5, 0.6) is 0 Å². The van der Waals surface area contributed by atoms with Crippen LogP contribution in [-0.4, -0.2) is 21.3 Å². The molecule has 1 aromatic carbocycles. The van der Waals surface area contributed by atoms with Crippen LogP contribution < -0.4 is 0 Å². The molecule has 2 heterocycles. The summed E-state index contributed by atoms with van der Waals surface area (Å²) in [6.07, 6.45) is -0.343. The number of hydrogen-bond donors (Lipinski definition) is 1. The van der Waals surface area contributed by atoms with Crippen molar-refractivity contribution in [1.29, 1.82) is 0 Å². The summed E-state index contributed by atoms with van der Waals surface area (Å²) in [5.41, 5.74) is -0.275. The summed E-state index contributed by atoms with van der Waals surface area (Å²) < 4.78 is 41.1. The Morgan fingerprint density at radius 1 is 1.29 bits per heavy atom. The van der Waals surface area contributed by atoms with Crippen molar-refractivity contribution in [3.63, 3.8) is 0 Å². The molecule has 112 valence electrons. The Labute approximate surface area is 120 Å². The van der Waals surface area contributed by atoms with Gasteiger partial charge in [-0.1, -0.05) is 18.2 Å². The zero-order valence-electron chi connectivity index (χ0n) is 11.3. The van der Waals surface area contributed by atoms with E-state index in [0.29, 0.717) is 5.69 Å². The molecule has 1 aromatic heterocycles. The summed E-state index contributed by atoms with van der Waals surface area (Å²) in [6, 6.07) is 5.36. The molecule has 3 rings (SSSR count). The molecule has 1 N–H and O–H groups in total. The zero-order valence-corrected chi connectivity index (χ0v) is 11.3.